The summed E-state index contributed by atoms with van der Waals surface area (Å²) >= 11 is 0. The topological polar surface area (TPSA) is 115 Å². The van der Waals surface area contributed by atoms with Crippen molar-refractivity contribution in [1.82, 2.24) is 4.98 Å². The molecular formula is C13H15N5O3. The van der Waals surface area contributed by atoms with Gasteiger partial charge in [-0.05, 0) is 17.7 Å². The van der Waals surface area contributed by atoms with Crippen LogP contribution in [0.3, 0.4) is 0 Å². The maximum Gasteiger partial charge on any atom is 0.273 e. The fraction of sp³-hybridized carbons (Fsp3) is 0.154. The molecule has 0 aliphatic rings. The molecule has 0 bridgehead atoms. The predicted octanol–water partition coefficient (Wildman–Crippen LogP) is 1.90. The van der Waals surface area contributed by atoms with Crippen LogP contribution in [-0.2, 0) is 6.54 Å². The predicted molar refractivity (Wildman–Crippen MR) is 79.0 cm³/mol. The van der Waals surface area contributed by atoms with Gasteiger partial charge in [-0.2, -0.15) is 0 Å². The molecule has 2 rings (SSSR count). The average molecular weight is 289 g/mol. The van der Waals surface area contributed by atoms with Crippen molar-refractivity contribution in [3.05, 3.63) is 52.2 Å². The van der Waals surface area contributed by atoms with E-state index in [0.717, 1.165) is 5.56 Å². The zero-order valence-electron chi connectivity index (χ0n) is 11.4. The van der Waals surface area contributed by atoms with Crippen molar-refractivity contribution in [3.8, 4) is 5.88 Å². The van der Waals surface area contributed by atoms with E-state index in [0.29, 0.717) is 23.8 Å². The fourth-order valence-corrected chi connectivity index (χ4v) is 1.78. The summed E-state index contributed by atoms with van der Waals surface area (Å²) in [6.07, 6.45) is 1.64. The number of nitro groups is 1. The fourth-order valence-electron chi connectivity index (χ4n) is 1.78. The van der Waals surface area contributed by atoms with Gasteiger partial charge in [-0.1, -0.05) is 0 Å². The number of nitrogens with one attached hydrogen (secondary N) is 2. The third-order valence-electron chi connectivity index (χ3n) is 2.80. The van der Waals surface area contributed by atoms with Crippen molar-refractivity contribution in [3.63, 3.8) is 0 Å². The molecule has 0 unspecified atom stereocenters. The average Bonchev–Trinajstić information content (AvgIpc) is 2.52. The van der Waals surface area contributed by atoms with E-state index in [1.54, 1.807) is 25.4 Å². The minimum Gasteiger partial charge on any atom is -0.481 e. The highest BCUT2D eigenvalue weighted by Crippen LogP contribution is 2.24. The van der Waals surface area contributed by atoms with Gasteiger partial charge in [0.05, 0.1) is 17.7 Å². The number of pyridine rings is 1. The molecule has 8 heteroatoms. The van der Waals surface area contributed by atoms with E-state index in [1.165, 1.54) is 12.1 Å². The second kappa shape index (κ2) is 6.53. The zero-order chi connectivity index (χ0) is 15.2. The van der Waals surface area contributed by atoms with Gasteiger partial charge in [0.2, 0.25) is 5.88 Å². The molecule has 8 nitrogen and oxygen atoms in total. The van der Waals surface area contributed by atoms with Crippen LogP contribution in [0.2, 0.25) is 0 Å². The monoisotopic (exact) mass is 289 g/mol. The molecule has 4 N–H and O–H groups in total. The summed E-state index contributed by atoms with van der Waals surface area (Å²) in [7, 11) is 1.54. The number of hydrogen-bond acceptors (Lipinski definition) is 7. The number of methoxy groups -OCH3 is 1. The molecule has 21 heavy (non-hydrogen) atoms. The third kappa shape index (κ3) is 3.80. The SMILES string of the molecule is COc1cc(CNc2cc(NN)cc([N+](=O)[O-])c2)ccn1. The highest BCUT2D eigenvalue weighted by Gasteiger charge is 2.09. The Morgan fingerprint density at radius 3 is 2.76 bits per heavy atom. The lowest BCUT2D eigenvalue weighted by atomic mass is 10.2. The number of hydrogen-bond donors (Lipinski definition) is 3. The van der Waals surface area contributed by atoms with Gasteiger partial charge < -0.3 is 15.5 Å². The van der Waals surface area contributed by atoms with Gasteiger partial charge >= 0.3 is 0 Å². The van der Waals surface area contributed by atoms with E-state index >= 15 is 0 Å². The highest BCUT2D eigenvalue weighted by molar-refractivity contribution is 5.63. The molecule has 0 atom stereocenters. The molecule has 2 aromatic rings. The minimum atomic E-state index is -0.471. The summed E-state index contributed by atoms with van der Waals surface area (Å²) < 4.78 is 5.04. The summed E-state index contributed by atoms with van der Waals surface area (Å²) in [5, 5.41) is 14.0. The first-order chi connectivity index (χ1) is 10.1. The lowest BCUT2D eigenvalue weighted by Crippen LogP contribution is -2.08. The Morgan fingerprint density at radius 2 is 2.10 bits per heavy atom. The standard InChI is InChI=1S/C13H15N5O3/c1-21-13-4-9(2-3-15-13)8-16-10-5-11(17-14)7-12(6-10)18(19)20/h2-7,16-17H,8,14H2,1H3. The summed E-state index contributed by atoms with van der Waals surface area (Å²) in [4.78, 5) is 14.4. The van der Waals surface area contributed by atoms with Gasteiger partial charge in [-0.3, -0.25) is 16.0 Å². The van der Waals surface area contributed by atoms with Gasteiger partial charge in [0.1, 0.15) is 0 Å². The first-order valence-electron chi connectivity index (χ1n) is 6.11. The first-order valence-corrected chi connectivity index (χ1v) is 6.11. The molecular weight excluding hydrogens is 274 g/mol. The molecule has 0 saturated carbocycles. The number of ether oxygens (including phenoxy) is 1. The molecule has 0 amide bonds. The molecule has 110 valence electrons. The van der Waals surface area contributed by atoms with Crippen molar-refractivity contribution in [2.75, 3.05) is 17.9 Å². The van der Waals surface area contributed by atoms with Crippen LogP contribution in [0.25, 0.3) is 0 Å². The number of aromatic nitrogens is 1. The number of benzene rings is 1. The van der Waals surface area contributed by atoms with Crippen LogP contribution in [0, 0.1) is 10.1 Å². The zero-order valence-corrected chi connectivity index (χ0v) is 11.4. The lowest BCUT2D eigenvalue weighted by Gasteiger charge is -2.09. The van der Waals surface area contributed by atoms with Crippen molar-refractivity contribution in [2.45, 2.75) is 6.54 Å². The summed E-state index contributed by atoms with van der Waals surface area (Å²) in [5.74, 6) is 5.82. The molecule has 1 aromatic carbocycles. The first kappa shape index (κ1) is 14.5. The second-order valence-electron chi connectivity index (χ2n) is 4.23. The van der Waals surface area contributed by atoms with E-state index < -0.39 is 4.92 Å². The van der Waals surface area contributed by atoms with Crippen LogP contribution in [0.1, 0.15) is 5.56 Å². The lowest BCUT2D eigenvalue weighted by molar-refractivity contribution is -0.384. The van der Waals surface area contributed by atoms with Gasteiger partial charge in [0, 0.05) is 36.6 Å². The van der Waals surface area contributed by atoms with Crippen molar-refractivity contribution < 1.29 is 9.66 Å². The smallest absolute Gasteiger partial charge is 0.273 e. The molecule has 0 radical (unpaired) electrons. The highest BCUT2D eigenvalue weighted by atomic mass is 16.6. The van der Waals surface area contributed by atoms with Gasteiger partial charge in [0.25, 0.3) is 5.69 Å². The summed E-state index contributed by atoms with van der Waals surface area (Å²) in [6, 6.07) is 8.10. The van der Waals surface area contributed by atoms with E-state index in [9.17, 15) is 10.1 Å². The van der Waals surface area contributed by atoms with E-state index in [4.69, 9.17) is 10.6 Å². The number of rotatable bonds is 6. The van der Waals surface area contributed by atoms with Crippen LogP contribution in [0.5, 0.6) is 5.88 Å². The van der Waals surface area contributed by atoms with E-state index in [-0.39, 0.29) is 5.69 Å². The summed E-state index contributed by atoms with van der Waals surface area (Å²) in [6.45, 7) is 0.476. The normalized spacial score (nSPS) is 10.0. The molecule has 0 saturated heterocycles. The van der Waals surface area contributed by atoms with Crippen LogP contribution >= 0.6 is 0 Å². The van der Waals surface area contributed by atoms with Crippen LogP contribution < -0.4 is 21.3 Å². The Labute approximate surface area is 121 Å². The Bertz CT molecular complexity index is 647. The quantitative estimate of drug-likeness (QED) is 0.422. The van der Waals surface area contributed by atoms with Gasteiger partial charge in [-0.15, -0.1) is 0 Å². The number of anilines is 2. The Kier molecular flexibility index (Phi) is 4.52. The Morgan fingerprint density at radius 1 is 1.33 bits per heavy atom. The van der Waals surface area contributed by atoms with Crippen molar-refractivity contribution in [2.24, 2.45) is 5.84 Å². The number of nitrogens with zero attached hydrogens (tertiary/aromatic N) is 2. The number of hydrazine groups is 1. The van der Waals surface area contributed by atoms with Crippen LogP contribution in [0.15, 0.2) is 36.5 Å². The third-order valence-corrected chi connectivity index (χ3v) is 2.80. The Balaban J connectivity index is 2.15. The number of nitro benzene ring substituents is 1. The van der Waals surface area contributed by atoms with E-state index in [1.807, 2.05) is 6.07 Å². The van der Waals surface area contributed by atoms with Crippen molar-refractivity contribution in [1.29, 1.82) is 0 Å². The van der Waals surface area contributed by atoms with Crippen LogP contribution in [0.4, 0.5) is 17.1 Å². The van der Waals surface area contributed by atoms with E-state index in [2.05, 4.69) is 15.7 Å². The molecule has 0 aliphatic carbocycles. The molecule has 0 aliphatic heterocycles. The van der Waals surface area contributed by atoms with Crippen LogP contribution in [-0.4, -0.2) is 17.0 Å². The number of nitrogens with two attached hydrogens (primary N) is 1. The molecule has 0 spiro atoms. The molecule has 1 heterocycles. The maximum atomic E-state index is 10.9. The van der Waals surface area contributed by atoms with Crippen molar-refractivity contribution >= 4 is 17.1 Å². The minimum absolute atomic E-state index is 0.0414. The van der Waals surface area contributed by atoms with Gasteiger partial charge in [0.15, 0.2) is 0 Å². The molecule has 1 aromatic heterocycles. The Hall–Kier alpha value is -2.87. The largest absolute Gasteiger partial charge is 0.481 e. The summed E-state index contributed by atoms with van der Waals surface area (Å²) in [5.41, 5.74) is 4.35. The number of non-ortho nitro benzene ring substituents is 1. The number of nitrogen functional groups attached to an aromatic ring is 1. The maximum absolute atomic E-state index is 10.9. The second-order valence-corrected chi connectivity index (χ2v) is 4.23. The van der Waals surface area contributed by atoms with Gasteiger partial charge in [-0.25, -0.2) is 4.98 Å². The molecule has 0 fully saturated rings.